The van der Waals surface area contributed by atoms with Crippen LogP contribution in [0.1, 0.15) is 6.42 Å². The molecule has 3 heterocycles. The Kier molecular flexibility index (Phi) is 8.50. The summed E-state index contributed by atoms with van der Waals surface area (Å²) >= 11 is 0. The third-order valence-corrected chi connectivity index (χ3v) is 6.69. The fourth-order valence-electron chi connectivity index (χ4n) is 4.54. The molecule has 2 aliphatic rings. The quantitative estimate of drug-likeness (QED) is 0.443. The van der Waals surface area contributed by atoms with E-state index in [1.165, 1.54) is 24.3 Å². The molecule has 2 aromatic carbocycles. The van der Waals surface area contributed by atoms with Crippen LogP contribution in [-0.2, 0) is 4.74 Å². The van der Waals surface area contributed by atoms with E-state index in [2.05, 4.69) is 25.8 Å². The zero-order valence-electron chi connectivity index (χ0n) is 22.3. The first-order chi connectivity index (χ1) is 19.5. The molecule has 0 aliphatic carbocycles. The van der Waals surface area contributed by atoms with Crippen LogP contribution in [0.25, 0.3) is 11.4 Å². The number of nitrogens with zero attached hydrogens (tertiary/aromatic N) is 6. The number of rotatable bonds is 5. The Morgan fingerprint density at radius 3 is 2.00 bits per heavy atom. The van der Waals surface area contributed by atoms with Crippen LogP contribution in [0.5, 0.6) is 0 Å². The van der Waals surface area contributed by atoms with Crippen molar-refractivity contribution in [1.29, 1.82) is 0 Å². The number of morpholine rings is 1. The molecule has 3 N–H and O–H groups in total. The lowest BCUT2D eigenvalue weighted by molar-refractivity contribution is 0.122. The Morgan fingerprint density at radius 1 is 0.775 bits per heavy atom. The lowest BCUT2D eigenvalue weighted by atomic mass is 10.2. The predicted molar refractivity (Wildman–Crippen MR) is 150 cm³/mol. The molecule has 0 radical (unpaired) electrons. The first-order valence-corrected chi connectivity index (χ1v) is 13.2. The number of hydrogen-bond donors (Lipinski definition) is 3. The van der Waals surface area contributed by atoms with Gasteiger partial charge in [0.15, 0.2) is 5.82 Å². The van der Waals surface area contributed by atoms with Crippen molar-refractivity contribution in [2.75, 3.05) is 80.0 Å². The summed E-state index contributed by atoms with van der Waals surface area (Å²) in [5.74, 6) is 1.28. The molecule has 0 atom stereocenters. The van der Waals surface area contributed by atoms with Gasteiger partial charge in [-0.2, -0.15) is 15.0 Å². The molecule has 4 amide bonds. The van der Waals surface area contributed by atoms with E-state index in [0.717, 1.165) is 12.0 Å². The summed E-state index contributed by atoms with van der Waals surface area (Å²) in [6.45, 7) is 5.10. The predicted octanol–water partition coefficient (Wildman–Crippen LogP) is 3.01. The number of ether oxygens (including phenoxy) is 1. The van der Waals surface area contributed by atoms with E-state index in [1.54, 1.807) is 24.1 Å². The average Bonchev–Trinajstić information content (AvgIpc) is 3.25. The molecule has 210 valence electrons. The van der Waals surface area contributed by atoms with Gasteiger partial charge in [-0.25, -0.2) is 14.0 Å². The summed E-state index contributed by atoms with van der Waals surface area (Å²) in [5, 5.41) is 8.14. The van der Waals surface area contributed by atoms with Crippen LogP contribution in [0.3, 0.4) is 0 Å². The summed E-state index contributed by atoms with van der Waals surface area (Å²) < 4.78 is 18.6. The van der Waals surface area contributed by atoms with E-state index in [1.807, 2.05) is 12.1 Å². The molecule has 12 nitrogen and oxygen atoms in total. The number of amides is 4. The zero-order chi connectivity index (χ0) is 27.9. The van der Waals surface area contributed by atoms with Gasteiger partial charge in [-0.3, -0.25) is 0 Å². The second-order valence-corrected chi connectivity index (χ2v) is 9.40. The molecule has 13 heteroatoms. The second-order valence-electron chi connectivity index (χ2n) is 9.40. The molecule has 3 aromatic rings. The highest BCUT2D eigenvalue weighted by Gasteiger charge is 2.23. The Balaban J connectivity index is 1.34. The first-order valence-electron chi connectivity index (χ1n) is 13.2. The van der Waals surface area contributed by atoms with Gasteiger partial charge < -0.3 is 35.4 Å². The molecule has 2 saturated heterocycles. The van der Waals surface area contributed by atoms with Crippen molar-refractivity contribution in [2.24, 2.45) is 0 Å². The van der Waals surface area contributed by atoms with E-state index in [0.29, 0.717) is 81.6 Å². The standard InChI is InChI=1S/C27H32FN9O3/c1-29-27(39)37-12-2-11-35(13-14-37)24-32-23(33-25(34-24)36-15-17-40-18-16-36)19-3-7-21(8-4-19)30-26(38)31-22-9-5-20(28)6-10-22/h3-10H,2,11-18H2,1H3,(H,29,39)(H2,30,31,38). The highest BCUT2D eigenvalue weighted by Crippen LogP contribution is 2.24. The third kappa shape index (κ3) is 6.72. The molecule has 40 heavy (non-hydrogen) atoms. The minimum absolute atomic E-state index is 0.0905. The maximum absolute atomic E-state index is 13.1. The van der Waals surface area contributed by atoms with Gasteiger partial charge in [-0.05, 0) is 55.0 Å². The van der Waals surface area contributed by atoms with Crippen molar-refractivity contribution in [3.63, 3.8) is 0 Å². The molecule has 0 spiro atoms. The number of carbonyl (C=O) groups is 2. The maximum atomic E-state index is 13.1. The molecule has 1 aromatic heterocycles. The van der Waals surface area contributed by atoms with Crippen molar-refractivity contribution in [1.82, 2.24) is 25.2 Å². The van der Waals surface area contributed by atoms with Crippen molar-refractivity contribution in [2.45, 2.75) is 6.42 Å². The highest BCUT2D eigenvalue weighted by molar-refractivity contribution is 5.99. The number of benzene rings is 2. The van der Waals surface area contributed by atoms with Crippen LogP contribution in [0.4, 0.5) is 37.3 Å². The van der Waals surface area contributed by atoms with Crippen molar-refractivity contribution >= 4 is 35.3 Å². The molecule has 5 rings (SSSR count). The van der Waals surface area contributed by atoms with Gasteiger partial charge >= 0.3 is 12.1 Å². The van der Waals surface area contributed by atoms with Crippen LogP contribution < -0.4 is 25.8 Å². The van der Waals surface area contributed by atoms with Gasteiger partial charge in [0.25, 0.3) is 0 Å². The molecule has 0 saturated carbocycles. The van der Waals surface area contributed by atoms with Crippen LogP contribution >= 0.6 is 0 Å². The van der Waals surface area contributed by atoms with Crippen LogP contribution in [0, 0.1) is 5.82 Å². The van der Waals surface area contributed by atoms with Crippen molar-refractivity contribution in [3.05, 3.63) is 54.3 Å². The zero-order valence-corrected chi connectivity index (χ0v) is 22.3. The Bertz CT molecular complexity index is 1320. The molecule has 2 fully saturated rings. The molecule has 2 aliphatic heterocycles. The Labute approximate surface area is 231 Å². The third-order valence-electron chi connectivity index (χ3n) is 6.69. The monoisotopic (exact) mass is 549 g/mol. The fourth-order valence-corrected chi connectivity index (χ4v) is 4.54. The van der Waals surface area contributed by atoms with Gasteiger partial charge in [-0.1, -0.05) is 0 Å². The largest absolute Gasteiger partial charge is 0.378 e. The van der Waals surface area contributed by atoms with Gasteiger partial charge in [0.1, 0.15) is 5.82 Å². The smallest absolute Gasteiger partial charge is 0.323 e. The number of carbonyl (C=O) groups excluding carboxylic acids is 2. The fraction of sp³-hybridized carbons (Fsp3) is 0.370. The summed E-state index contributed by atoms with van der Waals surface area (Å²) in [5.41, 5.74) is 1.83. The highest BCUT2D eigenvalue weighted by atomic mass is 19.1. The van der Waals surface area contributed by atoms with E-state index < -0.39 is 6.03 Å². The van der Waals surface area contributed by atoms with Gasteiger partial charge in [-0.15, -0.1) is 0 Å². The molecule has 0 unspecified atom stereocenters. The topological polar surface area (TPSA) is 128 Å². The Morgan fingerprint density at radius 2 is 1.38 bits per heavy atom. The van der Waals surface area contributed by atoms with E-state index >= 15 is 0 Å². The van der Waals surface area contributed by atoms with Gasteiger partial charge in [0.05, 0.1) is 13.2 Å². The van der Waals surface area contributed by atoms with Gasteiger partial charge in [0.2, 0.25) is 11.9 Å². The maximum Gasteiger partial charge on any atom is 0.323 e. The number of anilines is 4. The van der Waals surface area contributed by atoms with Crippen LogP contribution in [0.15, 0.2) is 48.5 Å². The normalized spacial score (nSPS) is 15.8. The van der Waals surface area contributed by atoms with Gasteiger partial charge in [0, 0.05) is 63.3 Å². The van der Waals surface area contributed by atoms with Crippen LogP contribution in [0.2, 0.25) is 0 Å². The minimum atomic E-state index is -0.441. The van der Waals surface area contributed by atoms with E-state index in [4.69, 9.17) is 19.7 Å². The summed E-state index contributed by atoms with van der Waals surface area (Å²) in [6.07, 6.45) is 0.793. The summed E-state index contributed by atoms with van der Waals surface area (Å²) in [6, 6.07) is 12.2. The molecular formula is C27H32FN9O3. The van der Waals surface area contributed by atoms with Crippen LogP contribution in [-0.4, -0.2) is 91.4 Å². The number of halogens is 1. The lowest BCUT2D eigenvalue weighted by Gasteiger charge is -2.28. The SMILES string of the molecule is CNC(=O)N1CCCN(c2nc(-c3ccc(NC(=O)Nc4ccc(F)cc4)cc3)nc(N3CCOCC3)n2)CC1. The number of aromatic nitrogens is 3. The number of hydrogen-bond acceptors (Lipinski definition) is 8. The lowest BCUT2D eigenvalue weighted by Crippen LogP contribution is -2.41. The number of nitrogens with one attached hydrogen (secondary N) is 3. The van der Waals surface area contributed by atoms with E-state index in [-0.39, 0.29) is 11.8 Å². The van der Waals surface area contributed by atoms with E-state index in [9.17, 15) is 14.0 Å². The van der Waals surface area contributed by atoms with Crippen molar-refractivity contribution < 1.29 is 18.7 Å². The number of urea groups is 2. The van der Waals surface area contributed by atoms with Crippen molar-refractivity contribution in [3.8, 4) is 11.4 Å². The minimum Gasteiger partial charge on any atom is -0.378 e. The molecule has 0 bridgehead atoms. The average molecular weight is 550 g/mol. The summed E-state index contributed by atoms with van der Waals surface area (Å²) in [4.78, 5) is 44.9. The second kappa shape index (κ2) is 12.6. The molecular weight excluding hydrogens is 517 g/mol. The summed E-state index contributed by atoms with van der Waals surface area (Å²) in [7, 11) is 1.64. The Hall–Kier alpha value is -4.52. The first kappa shape index (κ1) is 27.1.